The van der Waals surface area contributed by atoms with E-state index in [1.807, 2.05) is 31.1 Å². The second-order valence-corrected chi connectivity index (χ2v) is 17.9. The molecule has 420 valence electrons. The largest absolute Gasteiger partial charge is 0.497 e. The summed E-state index contributed by atoms with van der Waals surface area (Å²) in [6, 6.07) is 12.5. The number of aliphatic hydroxyl groups excluding tert-OH is 2. The topological polar surface area (TPSA) is 239 Å². The Bertz CT molecular complexity index is 3510. The van der Waals surface area contributed by atoms with E-state index < -0.39 is 11.6 Å². The molecule has 26 heteroatoms. The molecule has 79 heavy (non-hydrogen) atoms. The van der Waals surface area contributed by atoms with Crippen molar-refractivity contribution in [1.29, 1.82) is 0 Å². The number of likely N-dealkylation sites (tertiary alicyclic amines) is 2. The van der Waals surface area contributed by atoms with E-state index in [1.54, 1.807) is 79.2 Å². The lowest BCUT2D eigenvalue weighted by Gasteiger charge is -2.32. The third-order valence-electron chi connectivity index (χ3n) is 13.2. The van der Waals surface area contributed by atoms with Gasteiger partial charge >= 0.3 is 0 Å². The number of methoxy groups -OCH3 is 4. The van der Waals surface area contributed by atoms with Crippen LogP contribution >= 0.6 is 27.0 Å². The van der Waals surface area contributed by atoms with E-state index >= 15 is 8.78 Å². The van der Waals surface area contributed by atoms with Crippen LogP contribution in [0, 0.1) is 11.6 Å². The quantitative estimate of drug-likeness (QED) is 0.110. The van der Waals surface area contributed by atoms with E-state index in [0.717, 1.165) is 11.1 Å². The highest BCUT2D eigenvalue weighted by Crippen LogP contribution is 2.38. The zero-order chi connectivity index (χ0) is 53.6. The van der Waals surface area contributed by atoms with Crippen LogP contribution in [-0.2, 0) is 30.2 Å². The fraction of sp³-hybridized carbons (Fsp3) is 0.358. The van der Waals surface area contributed by atoms with Gasteiger partial charge in [0.25, 0.3) is 0 Å². The van der Waals surface area contributed by atoms with Crippen molar-refractivity contribution in [1.82, 2.24) is 58.8 Å². The zero-order valence-electron chi connectivity index (χ0n) is 43.7. The van der Waals surface area contributed by atoms with Gasteiger partial charge in [-0.2, -0.15) is 37.2 Å². The van der Waals surface area contributed by atoms with Crippen LogP contribution < -0.4 is 29.3 Å². The molecule has 0 radical (unpaired) electrons. The summed E-state index contributed by atoms with van der Waals surface area (Å²) in [5.74, 6) is -0.0755. The van der Waals surface area contributed by atoms with Gasteiger partial charge in [-0.25, -0.2) is 28.7 Å². The van der Waals surface area contributed by atoms with Crippen LogP contribution in [-0.4, -0.2) is 154 Å². The molecule has 0 spiro atoms. The normalized spacial score (nSPS) is 15.1. The Hall–Kier alpha value is -7.94. The summed E-state index contributed by atoms with van der Waals surface area (Å²) in [7, 11) is 9.36. The smallest absolute Gasteiger partial charge is 0.223 e. The Labute approximate surface area is 468 Å². The van der Waals surface area contributed by atoms with Crippen LogP contribution in [0.2, 0.25) is 0 Å². The van der Waals surface area contributed by atoms with Gasteiger partial charge in [0, 0.05) is 101 Å². The molecule has 6 aromatic heterocycles. The van der Waals surface area contributed by atoms with Gasteiger partial charge in [0.2, 0.25) is 11.8 Å². The first-order valence-electron chi connectivity index (χ1n) is 24.3. The molecule has 2 N–H and O–H groups in total. The van der Waals surface area contributed by atoms with Crippen molar-refractivity contribution >= 4 is 78.3 Å². The lowest BCUT2D eigenvalue weighted by molar-refractivity contribution is -0.130. The Kier molecular flexibility index (Phi) is 20.3. The molecule has 2 fully saturated rings. The minimum absolute atomic E-state index is 0. The Morgan fingerprint density at radius 2 is 1.24 bits per heavy atom. The molecular formula is C53H64F2N14O8S2. The maximum atomic E-state index is 15.7. The predicted octanol–water partition coefficient (Wildman–Crippen LogP) is 5.77. The molecule has 0 saturated carbocycles. The number of aryl methyl sites for hydroxylation is 2. The summed E-state index contributed by atoms with van der Waals surface area (Å²) in [5, 5.41) is 27.5. The third kappa shape index (κ3) is 13.0. The number of anilines is 2. The first-order chi connectivity index (χ1) is 36.8. The predicted molar refractivity (Wildman–Crippen MR) is 302 cm³/mol. The van der Waals surface area contributed by atoms with Crippen LogP contribution in [0.3, 0.4) is 0 Å². The number of rotatable bonds is 17. The number of pyridine rings is 2. The monoisotopic (exact) mass is 1130 g/mol. The summed E-state index contributed by atoms with van der Waals surface area (Å²) in [5.41, 5.74) is 5.48. The van der Waals surface area contributed by atoms with E-state index in [0.29, 0.717) is 88.7 Å². The third-order valence-corrected chi connectivity index (χ3v) is 13.2. The summed E-state index contributed by atoms with van der Waals surface area (Å²) < 4.78 is 57.3. The van der Waals surface area contributed by atoms with Crippen molar-refractivity contribution in [2.75, 3.05) is 66.2 Å². The first-order valence-corrected chi connectivity index (χ1v) is 24.3. The number of nitrogens with zero attached hydrogens (tertiary/aromatic N) is 14. The van der Waals surface area contributed by atoms with Gasteiger partial charge in [0.15, 0.2) is 34.4 Å². The van der Waals surface area contributed by atoms with Crippen molar-refractivity contribution in [3.63, 3.8) is 0 Å². The first kappa shape index (κ1) is 60.3. The van der Waals surface area contributed by atoms with Crippen LogP contribution in [0.5, 0.6) is 23.0 Å². The van der Waals surface area contributed by atoms with Crippen LogP contribution in [0.15, 0.2) is 90.7 Å². The standard InChI is InChI=1S/2C26H28FN7O4.CH4.2H2S/c1-32-14-16(12-29-32)20-13-28-19-5-6-23(31-26(19)30-20)34(15-17-4-7-24(36)33(17)8-9-35)21-10-18(37-2)11-22(38-3)25(21)27;1-32-14-16(12-29-32)21-13-28-19-5-6-23(30-20-10-18(37-2)11-22(38-3)25(20)27)34(26(19)31-21)15-17-4-7-24(36)33(17)8-9-35;;;/h2*5-6,10-14,17,35H,4,7-9,15H2,1-3H3;1H4;2*1H2. The zero-order valence-corrected chi connectivity index (χ0v) is 45.7. The summed E-state index contributed by atoms with van der Waals surface area (Å²) in [6.07, 6.45) is 12.3. The highest BCUT2D eigenvalue weighted by Gasteiger charge is 2.34. The minimum atomic E-state index is -0.631. The van der Waals surface area contributed by atoms with E-state index in [-0.39, 0.29) is 114 Å². The number of β-amino-alcohol motifs (C(OH)–C–C–N with tert-alkyl or cyclic N) is 2. The van der Waals surface area contributed by atoms with Crippen molar-refractivity contribution in [2.24, 2.45) is 19.1 Å². The van der Waals surface area contributed by atoms with E-state index in [9.17, 15) is 19.8 Å². The summed E-state index contributed by atoms with van der Waals surface area (Å²) >= 11 is 0. The van der Waals surface area contributed by atoms with Crippen molar-refractivity contribution in [3.05, 3.63) is 103 Å². The lowest BCUT2D eigenvalue weighted by Crippen LogP contribution is -2.42. The van der Waals surface area contributed by atoms with E-state index in [1.165, 1.54) is 46.6 Å². The minimum Gasteiger partial charge on any atom is -0.497 e. The van der Waals surface area contributed by atoms with Gasteiger partial charge in [-0.05, 0) is 37.1 Å². The van der Waals surface area contributed by atoms with Gasteiger partial charge in [-0.3, -0.25) is 28.9 Å². The number of carbonyl (C=O) groups excluding carboxylic acids is 2. The fourth-order valence-corrected chi connectivity index (χ4v) is 9.34. The number of ether oxygens (including phenoxy) is 4. The molecule has 22 nitrogen and oxygen atoms in total. The lowest BCUT2D eigenvalue weighted by atomic mass is 10.1. The van der Waals surface area contributed by atoms with Crippen molar-refractivity contribution < 1.29 is 47.5 Å². The van der Waals surface area contributed by atoms with Crippen LogP contribution in [0.25, 0.3) is 44.8 Å². The van der Waals surface area contributed by atoms with Gasteiger partial charge in [0.05, 0.1) is 95.6 Å². The van der Waals surface area contributed by atoms with Gasteiger partial charge in [0.1, 0.15) is 39.5 Å². The molecule has 8 heterocycles. The number of aromatic nitrogens is 10. The molecular weight excluding hydrogens is 1060 g/mol. The molecule has 2 atom stereocenters. The number of hydrogen-bond donors (Lipinski definition) is 2. The van der Waals surface area contributed by atoms with Gasteiger partial charge in [-0.1, -0.05) is 7.43 Å². The maximum absolute atomic E-state index is 15.7. The summed E-state index contributed by atoms with van der Waals surface area (Å²) in [6.45, 7) is 0.689. The average molecular weight is 1130 g/mol. The van der Waals surface area contributed by atoms with Crippen LogP contribution in [0.4, 0.5) is 26.0 Å². The molecule has 2 saturated heterocycles. The van der Waals surface area contributed by atoms with Crippen molar-refractivity contribution in [3.8, 4) is 45.5 Å². The molecule has 2 amide bonds. The average Bonchev–Trinajstić information content (AvgIpc) is 4.27. The molecule has 0 bridgehead atoms. The molecule has 2 aliphatic heterocycles. The number of benzene rings is 2. The fourth-order valence-electron chi connectivity index (χ4n) is 9.34. The van der Waals surface area contributed by atoms with Gasteiger partial charge in [-0.15, -0.1) is 0 Å². The number of halogens is 2. The molecule has 2 aromatic carbocycles. The number of amides is 2. The highest BCUT2D eigenvalue weighted by molar-refractivity contribution is 7.59. The SMILES string of the molecule is C.COc1cc(N=c2ccc3ncc(-c4cnn(C)c4)nc3n2CC2CCC(=O)N2CCO)c(F)c(OC)c1.COc1cc(OC)c(F)c(N(CC2CCC(=O)N2CCO)c2ccc3ncc(-c4cnn(C)c4)nc3n2)c1.S.S. The molecule has 8 aromatic rings. The van der Waals surface area contributed by atoms with E-state index in [4.69, 9.17) is 28.9 Å². The number of fused-ring (bicyclic) bond motifs is 2. The Morgan fingerprint density at radius 3 is 1.82 bits per heavy atom. The second-order valence-electron chi connectivity index (χ2n) is 17.9. The number of carbonyl (C=O) groups is 2. The number of hydrogen-bond acceptors (Lipinski definition) is 17. The molecule has 10 rings (SSSR count). The second kappa shape index (κ2) is 26.6. The summed E-state index contributed by atoms with van der Waals surface area (Å²) in [4.78, 5) is 58.0. The Balaban J connectivity index is 0.000000246. The van der Waals surface area contributed by atoms with Gasteiger partial charge < -0.3 is 48.4 Å². The molecule has 2 unspecified atom stereocenters. The highest BCUT2D eigenvalue weighted by atomic mass is 32.1. The number of aliphatic hydroxyl groups is 2. The maximum Gasteiger partial charge on any atom is 0.223 e. The van der Waals surface area contributed by atoms with Crippen molar-refractivity contribution in [2.45, 2.75) is 51.7 Å². The Morgan fingerprint density at radius 1 is 0.684 bits per heavy atom. The molecule has 2 aliphatic rings. The molecule has 0 aliphatic carbocycles. The van der Waals surface area contributed by atoms with E-state index in [2.05, 4.69) is 30.1 Å². The van der Waals surface area contributed by atoms with Crippen LogP contribution in [0.1, 0.15) is 33.1 Å².